The number of benzene rings is 1. The molecule has 2 saturated carbocycles. The van der Waals surface area contributed by atoms with Crippen LogP contribution in [0.2, 0.25) is 0 Å². The third kappa shape index (κ3) is 3.15. The fraction of sp³-hybridized carbons (Fsp3) is 0.714. The first kappa shape index (κ1) is 18.3. The topological polar surface area (TPSA) is 40.5 Å². The lowest BCUT2D eigenvalue weighted by molar-refractivity contribution is -0.0195. The summed E-state index contributed by atoms with van der Waals surface area (Å²) in [6.45, 7) is 10.7. The highest BCUT2D eigenvalue weighted by Crippen LogP contribution is 2.59. The molecule has 0 heterocycles. The molecule has 1 aromatic rings. The molecule has 1 aromatic carbocycles. The van der Waals surface area contributed by atoms with Crippen molar-refractivity contribution in [2.45, 2.75) is 78.7 Å². The lowest BCUT2D eigenvalue weighted by Crippen LogP contribution is -2.42. The Morgan fingerprint density at radius 2 is 1.87 bits per heavy atom. The zero-order valence-corrected chi connectivity index (χ0v) is 15.5. The van der Waals surface area contributed by atoms with Crippen molar-refractivity contribution in [1.29, 1.82) is 0 Å². The van der Waals surface area contributed by atoms with Crippen LogP contribution in [-0.2, 0) is 0 Å². The van der Waals surface area contributed by atoms with Gasteiger partial charge in [0.2, 0.25) is 0 Å². The molecule has 0 radical (unpaired) electrons. The van der Waals surface area contributed by atoms with Crippen molar-refractivity contribution in [3.05, 3.63) is 29.3 Å². The van der Waals surface area contributed by atoms with E-state index in [1.165, 1.54) is 24.0 Å². The maximum absolute atomic E-state index is 10.4. The third-order valence-electron chi connectivity index (χ3n) is 6.51. The van der Waals surface area contributed by atoms with E-state index in [-0.39, 0.29) is 11.5 Å². The van der Waals surface area contributed by atoms with Crippen LogP contribution in [0.4, 0.5) is 0 Å². The lowest BCUT2D eigenvalue weighted by Gasteiger charge is -2.48. The monoisotopic (exact) mass is 318 g/mol. The normalized spacial score (nSPS) is 36.1. The number of aliphatic hydroxyl groups excluding tert-OH is 1. The summed E-state index contributed by atoms with van der Waals surface area (Å²) in [5.41, 5.74) is 2.74. The predicted octanol–water partition coefficient (Wildman–Crippen LogP) is 5.41. The number of aliphatic hydroxyl groups is 1. The van der Waals surface area contributed by atoms with E-state index in [4.69, 9.17) is 0 Å². The number of hydrogen-bond donors (Lipinski definition) is 2. The van der Waals surface area contributed by atoms with Gasteiger partial charge >= 0.3 is 0 Å². The molecule has 0 aromatic heterocycles. The Morgan fingerprint density at radius 1 is 1.17 bits per heavy atom. The van der Waals surface area contributed by atoms with E-state index < -0.39 is 0 Å². The smallest absolute Gasteiger partial charge is 0.115 e. The second-order valence-electron chi connectivity index (χ2n) is 7.46. The van der Waals surface area contributed by atoms with E-state index in [2.05, 4.69) is 26.8 Å². The molecule has 0 saturated heterocycles. The Hall–Kier alpha value is -1.02. The maximum atomic E-state index is 10.4. The van der Waals surface area contributed by atoms with Crippen LogP contribution in [0.25, 0.3) is 0 Å². The van der Waals surface area contributed by atoms with E-state index in [1.807, 2.05) is 26.0 Å². The van der Waals surface area contributed by atoms with E-state index in [0.717, 1.165) is 19.3 Å². The highest BCUT2D eigenvalue weighted by atomic mass is 16.3. The molecule has 3 rings (SSSR count). The van der Waals surface area contributed by atoms with Crippen molar-refractivity contribution < 1.29 is 10.2 Å². The van der Waals surface area contributed by atoms with E-state index in [1.54, 1.807) is 0 Å². The minimum atomic E-state index is -0.113. The van der Waals surface area contributed by atoms with Gasteiger partial charge in [0.05, 0.1) is 6.10 Å². The molecule has 2 N–H and O–H groups in total. The first-order valence-electron chi connectivity index (χ1n) is 9.45. The van der Waals surface area contributed by atoms with Crippen molar-refractivity contribution in [1.82, 2.24) is 0 Å². The molecule has 5 unspecified atom stereocenters. The van der Waals surface area contributed by atoms with Gasteiger partial charge in [-0.3, -0.25) is 0 Å². The number of aromatic hydroxyl groups is 1. The average molecular weight is 319 g/mol. The molecule has 0 bridgehead atoms. The van der Waals surface area contributed by atoms with Crippen molar-refractivity contribution >= 4 is 0 Å². The zero-order valence-electron chi connectivity index (χ0n) is 15.5. The second kappa shape index (κ2) is 7.25. The summed E-state index contributed by atoms with van der Waals surface area (Å²) in [6.07, 6.45) is 5.49. The summed E-state index contributed by atoms with van der Waals surface area (Å²) in [7, 11) is 0. The summed E-state index contributed by atoms with van der Waals surface area (Å²) in [5.74, 6) is 2.24. The fourth-order valence-electron chi connectivity index (χ4n) is 5.29. The van der Waals surface area contributed by atoms with E-state index in [0.29, 0.717) is 23.5 Å². The Morgan fingerprint density at radius 3 is 2.48 bits per heavy atom. The summed E-state index contributed by atoms with van der Waals surface area (Å²) in [4.78, 5) is 0. The third-order valence-corrected chi connectivity index (χ3v) is 6.51. The second-order valence-corrected chi connectivity index (χ2v) is 7.46. The highest BCUT2D eigenvalue weighted by Gasteiger charge is 2.53. The first-order chi connectivity index (χ1) is 11.0. The maximum Gasteiger partial charge on any atom is 0.115 e. The molecular weight excluding hydrogens is 284 g/mol. The molecule has 23 heavy (non-hydrogen) atoms. The lowest BCUT2D eigenvalue weighted by atomic mass is 9.57. The van der Waals surface area contributed by atoms with Crippen LogP contribution in [0.15, 0.2) is 18.2 Å². The summed E-state index contributed by atoms with van der Waals surface area (Å²) >= 11 is 0. The van der Waals surface area contributed by atoms with Gasteiger partial charge in [-0.15, -0.1) is 0 Å². The molecular formula is C21H34O2. The van der Waals surface area contributed by atoms with Gasteiger partial charge in [0, 0.05) is 0 Å². The largest absolute Gasteiger partial charge is 0.508 e. The van der Waals surface area contributed by atoms with Gasteiger partial charge in [-0.1, -0.05) is 40.2 Å². The number of phenols is 1. The quantitative estimate of drug-likeness (QED) is 0.765. The minimum absolute atomic E-state index is 0.113. The summed E-state index contributed by atoms with van der Waals surface area (Å²) in [5, 5.41) is 20.1. The predicted molar refractivity (Wildman–Crippen MR) is 96.8 cm³/mol. The summed E-state index contributed by atoms with van der Waals surface area (Å²) < 4.78 is 0. The molecule has 2 nitrogen and oxygen atoms in total. The van der Waals surface area contributed by atoms with Gasteiger partial charge < -0.3 is 10.2 Å². The molecule has 130 valence electrons. The van der Waals surface area contributed by atoms with Crippen LogP contribution in [0, 0.1) is 24.2 Å². The Labute approximate surface area is 141 Å². The fourth-order valence-corrected chi connectivity index (χ4v) is 5.29. The Bertz CT molecular complexity index is 525. The molecule has 2 aliphatic carbocycles. The van der Waals surface area contributed by atoms with Crippen molar-refractivity contribution in [3.63, 3.8) is 0 Å². The molecule has 5 atom stereocenters. The van der Waals surface area contributed by atoms with Crippen LogP contribution in [0.3, 0.4) is 0 Å². The van der Waals surface area contributed by atoms with E-state index >= 15 is 0 Å². The number of fused-ring (bicyclic) bond motifs is 1. The molecule has 0 amide bonds. The van der Waals surface area contributed by atoms with Crippen molar-refractivity contribution in [2.75, 3.05) is 0 Å². The van der Waals surface area contributed by atoms with Gasteiger partial charge in [0.25, 0.3) is 0 Å². The Balaban J connectivity index is 0.000000924. The van der Waals surface area contributed by atoms with Crippen LogP contribution in [-0.4, -0.2) is 16.3 Å². The van der Waals surface area contributed by atoms with Gasteiger partial charge in [-0.25, -0.2) is 0 Å². The highest BCUT2D eigenvalue weighted by molar-refractivity contribution is 5.37. The standard InChI is InChI=1S/C19H28O2.C2H6/c1-4-14-16(15-6-5-13(20)11-12(15)2)9-10-19(3)17(14)7-8-18(19)21;1-2/h5-6,11,14,16-18,20-21H,4,7-10H2,1-3H3;1-2H3. The zero-order chi connectivity index (χ0) is 17.2. The molecule has 0 spiro atoms. The molecule has 0 aliphatic heterocycles. The van der Waals surface area contributed by atoms with Crippen LogP contribution < -0.4 is 0 Å². The summed E-state index contributed by atoms with van der Waals surface area (Å²) in [6, 6.07) is 5.83. The Kier molecular flexibility index (Phi) is 5.78. The number of rotatable bonds is 2. The van der Waals surface area contributed by atoms with Gasteiger partial charge in [-0.05, 0) is 79.0 Å². The number of phenolic OH excluding ortho intramolecular Hbond substituents is 1. The number of hydrogen-bond acceptors (Lipinski definition) is 2. The molecule has 2 fully saturated rings. The van der Waals surface area contributed by atoms with Crippen LogP contribution in [0.1, 0.15) is 76.8 Å². The van der Waals surface area contributed by atoms with E-state index in [9.17, 15) is 10.2 Å². The molecule has 2 aliphatic rings. The van der Waals surface area contributed by atoms with Crippen LogP contribution in [0.5, 0.6) is 5.75 Å². The van der Waals surface area contributed by atoms with Gasteiger partial charge in [-0.2, -0.15) is 0 Å². The van der Waals surface area contributed by atoms with Crippen molar-refractivity contribution in [2.24, 2.45) is 17.3 Å². The van der Waals surface area contributed by atoms with Gasteiger partial charge in [0.1, 0.15) is 5.75 Å². The first-order valence-corrected chi connectivity index (χ1v) is 9.45. The minimum Gasteiger partial charge on any atom is -0.508 e. The SMILES string of the molecule is CC.CCC1C(c2ccc(O)cc2C)CCC2(C)C(O)CCC12. The average Bonchev–Trinajstić information content (AvgIpc) is 2.84. The molecule has 2 heteroatoms. The van der Waals surface area contributed by atoms with Crippen LogP contribution >= 0.6 is 0 Å². The van der Waals surface area contributed by atoms with Crippen molar-refractivity contribution in [3.8, 4) is 5.75 Å². The number of aryl methyl sites for hydroxylation is 1. The van der Waals surface area contributed by atoms with Gasteiger partial charge in [0.15, 0.2) is 0 Å².